The van der Waals surface area contributed by atoms with E-state index < -0.39 is 0 Å². The number of para-hydroxylation sites is 1. The number of nitrogens with zero attached hydrogens (tertiary/aromatic N) is 3. The summed E-state index contributed by atoms with van der Waals surface area (Å²) in [6.45, 7) is 9.86. The normalized spacial score (nSPS) is 11.0. The van der Waals surface area contributed by atoms with Gasteiger partial charge >= 0.3 is 0 Å². The first-order chi connectivity index (χ1) is 14.1. The van der Waals surface area contributed by atoms with Gasteiger partial charge in [-0.2, -0.15) is 0 Å². The van der Waals surface area contributed by atoms with Crippen LogP contribution in [0.2, 0.25) is 0 Å². The lowest BCUT2D eigenvalue weighted by molar-refractivity contribution is 0.0983. The molecule has 4 nitrogen and oxygen atoms in total. The Bertz CT molecular complexity index is 972. The van der Waals surface area contributed by atoms with Crippen LogP contribution in [0.5, 0.6) is 0 Å². The first kappa shape index (κ1) is 24.7. The van der Waals surface area contributed by atoms with Gasteiger partial charge in [-0.15, -0.1) is 24.2 Å². The van der Waals surface area contributed by atoms with Gasteiger partial charge in [-0.1, -0.05) is 50.3 Å². The van der Waals surface area contributed by atoms with E-state index in [0.29, 0.717) is 12.1 Å². The molecule has 0 aliphatic carbocycles. The van der Waals surface area contributed by atoms with E-state index in [2.05, 4.69) is 43.9 Å². The number of carbonyl (C=O) groups is 1. The van der Waals surface area contributed by atoms with Gasteiger partial charge in [-0.3, -0.25) is 9.69 Å². The van der Waals surface area contributed by atoms with Gasteiger partial charge in [0.1, 0.15) is 0 Å². The maximum Gasteiger partial charge on any atom is 0.260 e. The Morgan fingerprint density at radius 3 is 2.47 bits per heavy atom. The molecule has 3 aromatic rings. The zero-order valence-corrected chi connectivity index (χ0v) is 20.5. The highest BCUT2D eigenvalue weighted by molar-refractivity contribution is 7.98. The number of likely N-dealkylation sites (N-methyl/N-ethyl adjacent to an activating group) is 1. The first-order valence-electron chi connectivity index (χ1n) is 10.2. The summed E-state index contributed by atoms with van der Waals surface area (Å²) in [5.41, 5.74) is 2.96. The average molecular weight is 464 g/mol. The van der Waals surface area contributed by atoms with E-state index in [4.69, 9.17) is 4.98 Å². The third kappa shape index (κ3) is 5.55. The van der Waals surface area contributed by atoms with Gasteiger partial charge in [-0.25, -0.2) is 4.98 Å². The summed E-state index contributed by atoms with van der Waals surface area (Å²) in [6, 6.07) is 14.2. The number of anilines is 1. The monoisotopic (exact) mass is 463 g/mol. The third-order valence-electron chi connectivity index (χ3n) is 5.20. The second-order valence-electron chi connectivity index (χ2n) is 6.83. The van der Waals surface area contributed by atoms with Crippen molar-refractivity contribution in [1.82, 2.24) is 9.88 Å². The van der Waals surface area contributed by atoms with Gasteiger partial charge in [0, 0.05) is 23.5 Å². The Morgan fingerprint density at radius 2 is 1.80 bits per heavy atom. The second-order valence-corrected chi connectivity index (χ2v) is 8.72. The van der Waals surface area contributed by atoms with E-state index in [1.165, 1.54) is 5.56 Å². The standard InChI is InChI=1S/C23H29N3OS2.ClH/c1-5-17-10-9-13-20-21(17)24-23(29-20)26(15-14-25(6-2)7-3)22(27)18-11-8-12-19(16-18)28-4;/h8-13,16H,5-7,14-15H2,1-4H3;1H. The van der Waals surface area contributed by atoms with Gasteiger partial charge in [-0.05, 0) is 55.6 Å². The number of aryl methyl sites for hydroxylation is 1. The van der Waals surface area contributed by atoms with Crippen LogP contribution in [0.4, 0.5) is 5.13 Å². The van der Waals surface area contributed by atoms with Crippen LogP contribution >= 0.6 is 35.5 Å². The van der Waals surface area contributed by atoms with Crippen LogP contribution in [0, 0.1) is 0 Å². The van der Waals surface area contributed by atoms with Crippen molar-refractivity contribution in [3.05, 3.63) is 53.6 Å². The summed E-state index contributed by atoms with van der Waals surface area (Å²) in [6.07, 6.45) is 2.96. The number of thiazole rings is 1. The van der Waals surface area contributed by atoms with Gasteiger partial charge in [0.25, 0.3) is 5.91 Å². The van der Waals surface area contributed by atoms with Gasteiger partial charge in [0.2, 0.25) is 0 Å². The summed E-state index contributed by atoms with van der Waals surface area (Å²) in [4.78, 5) is 23.7. The molecule has 0 fully saturated rings. The summed E-state index contributed by atoms with van der Waals surface area (Å²) in [7, 11) is 0. The number of hydrogen-bond acceptors (Lipinski definition) is 5. The minimum atomic E-state index is 0. The Morgan fingerprint density at radius 1 is 1.07 bits per heavy atom. The number of carbonyl (C=O) groups excluding carboxylic acids is 1. The number of rotatable bonds is 9. The molecule has 0 saturated carbocycles. The van der Waals surface area contributed by atoms with E-state index >= 15 is 0 Å². The van der Waals surface area contributed by atoms with Crippen LogP contribution in [0.1, 0.15) is 36.7 Å². The van der Waals surface area contributed by atoms with Crippen LogP contribution in [0.15, 0.2) is 47.4 Å². The molecule has 0 bridgehead atoms. The number of amides is 1. The van der Waals surface area contributed by atoms with Crippen LogP contribution < -0.4 is 4.90 Å². The maximum absolute atomic E-state index is 13.5. The molecule has 1 aromatic heterocycles. The number of halogens is 1. The lowest BCUT2D eigenvalue weighted by Gasteiger charge is -2.25. The van der Waals surface area contributed by atoms with Crippen molar-refractivity contribution in [3.8, 4) is 0 Å². The molecule has 1 heterocycles. The predicted molar refractivity (Wildman–Crippen MR) is 134 cm³/mol. The molecule has 30 heavy (non-hydrogen) atoms. The molecule has 0 atom stereocenters. The van der Waals surface area contributed by atoms with Crippen molar-refractivity contribution in [1.29, 1.82) is 0 Å². The van der Waals surface area contributed by atoms with E-state index in [1.807, 2.05) is 35.4 Å². The van der Waals surface area contributed by atoms with E-state index in [1.54, 1.807) is 23.1 Å². The SMILES string of the molecule is CCc1cccc2sc(N(CCN(CC)CC)C(=O)c3cccc(SC)c3)nc12.Cl. The topological polar surface area (TPSA) is 36.4 Å². The first-order valence-corrected chi connectivity index (χ1v) is 12.2. The van der Waals surface area contributed by atoms with Crippen molar-refractivity contribution in [3.63, 3.8) is 0 Å². The van der Waals surface area contributed by atoms with Gasteiger partial charge in [0.05, 0.1) is 10.2 Å². The quantitative estimate of drug-likeness (QED) is 0.365. The fourth-order valence-corrected chi connectivity index (χ4v) is 4.87. The van der Waals surface area contributed by atoms with Crippen molar-refractivity contribution < 1.29 is 4.79 Å². The molecule has 1 amide bonds. The Balaban J connectivity index is 0.00000320. The largest absolute Gasteiger partial charge is 0.302 e. The lowest BCUT2D eigenvalue weighted by atomic mass is 10.1. The summed E-state index contributed by atoms with van der Waals surface area (Å²) in [5, 5.41) is 0.785. The molecule has 7 heteroatoms. The molecule has 0 radical (unpaired) electrons. The second kappa shape index (κ2) is 11.7. The van der Waals surface area contributed by atoms with E-state index in [9.17, 15) is 4.79 Å². The third-order valence-corrected chi connectivity index (χ3v) is 6.97. The molecular weight excluding hydrogens is 434 g/mol. The predicted octanol–water partition coefficient (Wildman–Crippen LogP) is 5.99. The van der Waals surface area contributed by atoms with Crippen LogP contribution in [-0.2, 0) is 6.42 Å². The van der Waals surface area contributed by atoms with Crippen molar-refractivity contribution in [2.45, 2.75) is 32.1 Å². The zero-order valence-electron chi connectivity index (χ0n) is 18.1. The van der Waals surface area contributed by atoms with Crippen LogP contribution in [-0.4, -0.2) is 48.2 Å². The smallest absolute Gasteiger partial charge is 0.260 e. The minimum Gasteiger partial charge on any atom is -0.302 e. The molecule has 0 N–H and O–H groups in total. The summed E-state index contributed by atoms with van der Waals surface area (Å²) in [5.74, 6) is 0.0187. The van der Waals surface area contributed by atoms with Crippen molar-refractivity contribution >= 4 is 56.8 Å². The number of thioether (sulfide) groups is 1. The number of benzene rings is 2. The van der Waals surface area contributed by atoms with Crippen molar-refractivity contribution in [2.24, 2.45) is 0 Å². The molecule has 3 rings (SSSR count). The molecule has 162 valence electrons. The number of aromatic nitrogens is 1. The Hall–Kier alpha value is -1.60. The average Bonchev–Trinajstić information content (AvgIpc) is 3.20. The zero-order chi connectivity index (χ0) is 20.8. The van der Waals surface area contributed by atoms with E-state index in [-0.39, 0.29) is 18.3 Å². The fourth-order valence-electron chi connectivity index (χ4n) is 3.37. The number of fused-ring (bicyclic) bond motifs is 1. The fraction of sp³-hybridized carbons (Fsp3) is 0.391. The van der Waals surface area contributed by atoms with Crippen LogP contribution in [0.25, 0.3) is 10.2 Å². The van der Waals surface area contributed by atoms with Crippen LogP contribution in [0.3, 0.4) is 0 Å². The molecule has 0 aliphatic rings. The maximum atomic E-state index is 13.5. The molecule has 0 spiro atoms. The van der Waals surface area contributed by atoms with E-state index in [0.717, 1.165) is 46.3 Å². The molecule has 0 aliphatic heterocycles. The molecule has 2 aromatic carbocycles. The van der Waals surface area contributed by atoms with Crippen molar-refractivity contribution in [2.75, 3.05) is 37.3 Å². The highest BCUT2D eigenvalue weighted by atomic mass is 35.5. The summed E-state index contributed by atoms with van der Waals surface area (Å²) < 4.78 is 1.14. The number of hydrogen-bond donors (Lipinski definition) is 0. The highest BCUT2D eigenvalue weighted by Gasteiger charge is 2.22. The van der Waals surface area contributed by atoms with Gasteiger partial charge in [0.15, 0.2) is 5.13 Å². The minimum absolute atomic E-state index is 0. The molecule has 0 saturated heterocycles. The lowest BCUT2D eigenvalue weighted by Crippen LogP contribution is -2.38. The Labute approximate surface area is 194 Å². The van der Waals surface area contributed by atoms with Gasteiger partial charge < -0.3 is 4.90 Å². The molecular formula is C23H30ClN3OS2. The Kier molecular flexibility index (Phi) is 9.62. The summed E-state index contributed by atoms with van der Waals surface area (Å²) >= 11 is 3.26. The highest BCUT2D eigenvalue weighted by Crippen LogP contribution is 2.32. The molecule has 0 unspecified atom stereocenters.